The Hall–Kier alpha value is -2.63. The number of hydrogen-bond acceptors (Lipinski definition) is 4. The van der Waals surface area contributed by atoms with Crippen molar-refractivity contribution in [3.63, 3.8) is 0 Å². The van der Waals surface area contributed by atoms with E-state index in [0.29, 0.717) is 37.5 Å². The zero-order valence-corrected chi connectivity index (χ0v) is 14.5. The molecule has 0 spiro atoms. The Bertz CT molecular complexity index is 784. The van der Waals surface area contributed by atoms with Crippen molar-refractivity contribution >= 4 is 11.9 Å². The Morgan fingerprint density at radius 1 is 1.32 bits per heavy atom. The fraction of sp³-hybridized carbons (Fsp3) is 0.421. The van der Waals surface area contributed by atoms with Gasteiger partial charge in [0, 0.05) is 24.9 Å². The van der Waals surface area contributed by atoms with Gasteiger partial charge in [0.05, 0.1) is 5.69 Å². The van der Waals surface area contributed by atoms with Crippen LogP contribution in [-0.2, 0) is 16.0 Å². The highest BCUT2D eigenvalue weighted by Crippen LogP contribution is 2.30. The molecular formula is C19H22N2O4. The Morgan fingerprint density at radius 2 is 2.04 bits per heavy atom. The first-order chi connectivity index (χ1) is 11.9. The van der Waals surface area contributed by atoms with E-state index in [9.17, 15) is 14.7 Å². The number of benzene rings is 1. The summed E-state index contributed by atoms with van der Waals surface area (Å²) < 4.78 is 5.81. The quantitative estimate of drug-likeness (QED) is 0.903. The molecule has 6 heteroatoms. The summed E-state index contributed by atoms with van der Waals surface area (Å²) in [5, 5.41) is 9.42. The van der Waals surface area contributed by atoms with Crippen molar-refractivity contribution < 1.29 is 19.1 Å². The number of carbonyl (C=O) groups is 2. The van der Waals surface area contributed by atoms with Crippen LogP contribution in [0.4, 0.5) is 0 Å². The number of likely N-dealkylation sites (tertiary alicyclic amines) is 1. The highest BCUT2D eigenvalue weighted by molar-refractivity contribution is 5.87. The molecule has 1 fully saturated rings. The zero-order valence-electron chi connectivity index (χ0n) is 14.5. The molecule has 6 nitrogen and oxygen atoms in total. The summed E-state index contributed by atoms with van der Waals surface area (Å²) >= 11 is 0. The Balaban J connectivity index is 1.68. The maximum Gasteiger partial charge on any atom is 0.329 e. The molecule has 1 aromatic heterocycles. The van der Waals surface area contributed by atoms with Gasteiger partial charge < -0.3 is 14.4 Å². The standard InChI is InChI=1S/C19H22N2O4/c1-13-17(14-7-4-3-5-8-14)25-15(20-13)9-10-16(22)21-12-6-11-19(21,2)18(23)24/h3-5,7-8H,6,9-12H2,1-2H3,(H,23,24). The van der Waals surface area contributed by atoms with Gasteiger partial charge >= 0.3 is 5.97 Å². The van der Waals surface area contributed by atoms with Gasteiger partial charge in [0.1, 0.15) is 5.54 Å². The van der Waals surface area contributed by atoms with Crippen molar-refractivity contribution in [3.8, 4) is 11.3 Å². The van der Waals surface area contributed by atoms with Gasteiger partial charge in [-0.3, -0.25) is 4.79 Å². The van der Waals surface area contributed by atoms with E-state index in [2.05, 4.69) is 4.98 Å². The summed E-state index contributed by atoms with van der Waals surface area (Å²) in [6.45, 7) is 3.98. The molecule has 25 heavy (non-hydrogen) atoms. The molecule has 1 amide bonds. The zero-order chi connectivity index (χ0) is 18.0. The van der Waals surface area contributed by atoms with Crippen LogP contribution in [0.3, 0.4) is 0 Å². The lowest BCUT2D eigenvalue weighted by molar-refractivity contribution is -0.155. The maximum atomic E-state index is 12.5. The second-order valence-electron chi connectivity index (χ2n) is 6.62. The fourth-order valence-electron chi connectivity index (χ4n) is 3.35. The maximum absolute atomic E-state index is 12.5. The molecule has 1 aliphatic heterocycles. The molecule has 3 rings (SSSR count). The molecule has 0 aliphatic carbocycles. The third-order valence-electron chi connectivity index (χ3n) is 4.83. The lowest BCUT2D eigenvalue weighted by Gasteiger charge is -2.31. The Labute approximate surface area is 146 Å². The minimum Gasteiger partial charge on any atom is -0.480 e. The fourth-order valence-corrected chi connectivity index (χ4v) is 3.35. The van der Waals surface area contributed by atoms with E-state index in [1.54, 1.807) is 6.92 Å². The average Bonchev–Trinajstić information content (AvgIpc) is 3.17. The number of aliphatic carboxylic acids is 1. The number of oxazole rings is 1. The normalized spacial score (nSPS) is 20.0. The molecule has 2 heterocycles. The van der Waals surface area contributed by atoms with E-state index in [1.807, 2.05) is 37.3 Å². The number of aryl methyl sites for hydroxylation is 2. The van der Waals surface area contributed by atoms with E-state index in [0.717, 1.165) is 11.3 Å². The number of carbonyl (C=O) groups excluding carboxylic acids is 1. The van der Waals surface area contributed by atoms with E-state index in [4.69, 9.17) is 4.42 Å². The van der Waals surface area contributed by atoms with Gasteiger partial charge in [-0.25, -0.2) is 9.78 Å². The van der Waals surface area contributed by atoms with Crippen LogP contribution in [0.25, 0.3) is 11.3 Å². The third kappa shape index (κ3) is 3.29. The number of amides is 1. The van der Waals surface area contributed by atoms with Crippen molar-refractivity contribution in [2.45, 2.75) is 45.1 Å². The van der Waals surface area contributed by atoms with Crippen molar-refractivity contribution in [3.05, 3.63) is 41.9 Å². The molecule has 1 unspecified atom stereocenters. The summed E-state index contributed by atoms with van der Waals surface area (Å²) in [7, 11) is 0. The first-order valence-electron chi connectivity index (χ1n) is 8.47. The minimum absolute atomic E-state index is 0.167. The molecule has 2 aromatic rings. The second kappa shape index (κ2) is 6.70. The van der Waals surface area contributed by atoms with Crippen LogP contribution in [-0.4, -0.2) is 39.0 Å². The van der Waals surface area contributed by atoms with Gasteiger partial charge in [-0.2, -0.15) is 0 Å². The number of hydrogen-bond donors (Lipinski definition) is 1. The lowest BCUT2D eigenvalue weighted by atomic mass is 9.99. The number of carboxylic acid groups (broad SMARTS) is 1. The van der Waals surface area contributed by atoms with Crippen LogP contribution < -0.4 is 0 Å². The van der Waals surface area contributed by atoms with Crippen LogP contribution in [0.5, 0.6) is 0 Å². The topological polar surface area (TPSA) is 83.6 Å². The van der Waals surface area contributed by atoms with Crippen molar-refractivity contribution in [2.24, 2.45) is 0 Å². The van der Waals surface area contributed by atoms with Crippen LogP contribution >= 0.6 is 0 Å². The molecule has 1 aromatic carbocycles. The van der Waals surface area contributed by atoms with Crippen LogP contribution in [0.1, 0.15) is 37.8 Å². The summed E-state index contributed by atoms with van der Waals surface area (Å²) in [5.74, 6) is 0.0942. The molecule has 1 N–H and O–H groups in total. The van der Waals surface area contributed by atoms with E-state index in [-0.39, 0.29) is 12.3 Å². The predicted molar refractivity (Wildman–Crippen MR) is 92.0 cm³/mol. The molecule has 1 saturated heterocycles. The van der Waals surface area contributed by atoms with E-state index < -0.39 is 11.5 Å². The third-order valence-corrected chi connectivity index (χ3v) is 4.83. The molecule has 0 radical (unpaired) electrons. The molecule has 132 valence electrons. The smallest absolute Gasteiger partial charge is 0.329 e. The molecular weight excluding hydrogens is 320 g/mol. The Morgan fingerprint density at radius 3 is 2.72 bits per heavy atom. The largest absolute Gasteiger partial charge is 0.480 e. The van der Waals surface area contributed by atoms with Gasteiger partial charge in [-0.15, -0.1) is 0 Å². The molecule has 1 atom stereocenters. The molecule has 1 aliphatic rings. The highest BCUT2D eigenvalue weighted by atomic mass is 16.4. The number of nitrogens with zero attached hydrogens (tertiary/aromatic N) is 2. The van der Waals surface area contributed by atoms with Gasteiger partial charge in [0.2, 0.25) is 5.91 Å². The summed E-state index contributed by atoms with van der Waals surface area (Å²) in [4.78, 5) is 29.9. The van der Waals surface area contributed by atoms with Crippen molar-refractivity contribution in [1.82, 2.24) is 9.88 Å². The molecule has 0 saturated carbocycles. The van der Waals surface area contributed by atoms with Gasteiger partial charge in [-0.05, 0) is 26.7 Å². The molecule has 0 bridgehead atoms. The van der Waals surface area contributed by atoms with Crippen LogP contribution in [0.2, 0.25) is 0 Å². The van der Waals surface area contributed by atoms with Crippen LogP contribution in [0.15, 0.2) is 34.7 Å². The number of aromatic nitrogens is 1. The van der Waals surface area contributed by atoms with Gasteiger partial charge in [0.15, 0.2) is 11.7 Å². The van der Waals surface area contributed by atoms with E-state index >= 15 is 0 Å². The first-order valence-corrected chi connectivity index (χ1v) is 8.47. The highest BCUT2D eigenvalue weighted by Gasteiger charge is 2.45. The van der Waals surface area contributed by atoms with E-state index in [1.165, 1.54) is 4.90 Å². The van der Waals surface area contributed by atoms with Crippen LogP contribution in [0, 0.1) is 6.92 Å². The van der Waals surface area contributed by atoms with Gasteiger partial charge in [0.25, 0.3) is 0 Å². The summed E-state index contributed by atoms with van der Waals surface area (Å²) in [6.07, 6.45) is 1.75. The average molecular weight is 342 g/mol. The van der Waals surface area contributed by atoms with Crippen molar-refractivity contribution in [1.29, 1.82) is 0 Å². The minimum atomic E-state index is -1.10. The predicted octanol–water partition coefficient (Wildman–Crippen LogP) is 3.05. The van der Waals surface area contributed by atoms with Gasteiger partial charge in [-0.1, -0.05) is 30.3 Å². The number of rotatable bonds is 5. The monoisotopic (exact) mass is 342 g/mol. The summed E-state index contributed by atoms with van der Waals surface area (Å²) in [6, 6.07) is 9.70. The Kier molecular flexibility index (Phi) is 4.61. The van der Waals surface area contributed by atoms with Crippen molar-refractivity contribution in [2.75, 3.05) is 6.54 Å². The summed E-state index contributed by atoms with van der Waals surface area (Å²) in [5.41, 5.74) is 0.631. The SMILES string of the molecule is Cc1nc(CCC(=O)N2CCCC2(C)C(=O)O)oc1-c1ccccc1. The first kappa shape index (κ1) is 17.2. The second-order valence-corrected chi connectivity index (χ2v) is 6.62. The number of carboxylic acids is 1. The lowest BCUT2D eigenvalue weighted by Crippen LogP contribution is -2.50.